The molecule has 1 rings (SSSR count). The molecule has 0 atom stereocenters. The van der Waals surface area contributed by atoms with Gasteiger partial charge in [0.1, 0.15) is 0 Å². The Morgan fingerprint density at radius 1 is 1.17 bits per heavy atom. The van der Waals surface area contributed by atoms with Crippen molar-refractivity contribution in [3.05, 3.63) is 0 Å². The summed E-state index contributed by atoms with van der Waals surface area (Å²) < 4.78 is 0. The summed E-state index contributed by atoms with van der Waals surface area (Å²) in [5.41, 5.74) is 0.00771. The van der Waals surface area contributed by atoms with Crippen LogP contribution < -0.4 is 10.6 Å². The standard InChI is InChI=1S/C18H36N4O/c1-7-19-16(20-13-12-17(2,3)4)21-14-18(10-8-9-11-18)15(23)22(5)6/h7-14H2,1-6H3,(H2,19,20,21). The number of amides is 1. The number of nitrogens with zero attached hydrogens (tertiary/aromatic N) is 2. The summed E-state index contributed by atoms with van der Waals surface area (Å²) in [7, 11) is 3.69. The number of rotatable bonds is 6. The van der Waals surface area contributed by atoms with E-state index in [1.54, 1.807) is 4.90 Å². The van der Waals surface area contributed by atoms with Crippen molar-refractivity contribution in [2.75, 3.05) is 33.7 Å². The van der Waals surface area contributed by atoms with E-state index in [0.717, 1.165) is 51.2 Å². The molecule has 134 valence electrons. The maximum absolute atomic E-state index is 12.6. The van der Waals surface area contributed by atoms with Gasteiger partial charge in [-0.05, 0) is 31.6 Å². The molecule has 1 amide bonds. The lowest BCUT2D eigenvalue weighted by Gasteiger charge is -2.29. The molecule has 1 aliphatic carbocycles. The Labute approximate surface area is 142 Å². The van der Waals surface area contributed by atoms with E-state index < -0.39 is 0 Å². The highest BCUT2D eigenvalue weighted by Crippen LogP contribution is 2.39. The number of hydrogen-bond acceptors (Lipinski definition) is 2. The summed E-state index contributed by atoms with van der Waals surface area (Å²) in [5, 5.41) is 6.69. The summed E-state index contributed by atoms with van der Waals surface area (Å²) in [6.45, 7) is 11.1. The zero-order chi connectivity index (χ0) is 17.5. The van der Waals surface area contributed by atoms with Crippen LogP contribution in [0.15, 0.2) is 4.99 Å². The van der Waals surface area contributed by atoms with Gasteiger partial charge in [0.25, 0.3) is 0 Å². The van der Waals surface area contributed by atoms with Gasteiger partial charge in [-0.2, -0.15) is 0 Å². The molecule has 1 fully saturated rings. The summed E-state index contributed by atoms with van der Waals surface area (Å²) in [6, 6.07) is 0. The molecule has 5 heteroatoms. The molecule has 0 aromatic rings. The summed E-state index contributed by atoms with van der Waals surface area (Å²) in [5.74, 6) is 1.05. The first-order chi connectivity index (χ1) is 10.7. The first kappa shape index (κ1) is 19.8. The maximum atomic E-state index is 12.6. The van der Waals surface area contributed by atoms with Crippen molar-refractivity contribution in [2.45, 2.75) is 59.8 Å². The lowest BCUT2D eigenvalue weighted by atomic mass is 9.85. The van der Waals surface area contributed by atoms with Crippen LogP contribution in [0.2, 0.25) is 0 Å². The van der Waals surface area contributed by atoms with Gasteiger partial charge in [0.05, 0.1) is 12.0 Å². The highest BCUT2D eigenvalue weighted by molar-refractivity contribution is 5.84. The largest absolute Gasteiger partial charge is 0.357 e. The number of nitrogens with one attached hydrogen (secondary N) is 2. The molecule has 0 radical (unpaired) electrons. The Balaban J connectivity index is 2.71. The van der Waals surface area contributed by atoms with E-state index in [1.165, 1.54) is 0 Å². The molecule has 0 aliphatic heterocycles. The van der Waals surface area contributed by atoms with Crippen LogP contribution in [0.1, 0.15) is 59.8 Å². The van der Waals surface area contributed by atoms with Crippen molar-refractivity contribution >= 4 is 11.9 Å². The van der Waals surface area contributed by atoms with Gasteiger partial charge >= 0.3 is 0 Å². The Bertz CT molecular complexity index is 404. The van der Waals surface area contributed by atoms with Crippen LogP contribution in [0, 0.1) is 10.8 Å². The predicted molar refractivity (Wildman–Crippen MR) is 97.6 cm³/mol. The molecule has 1 saturated carbocycles. The first-order valence-corrected chi connectivity index (χ1v) is 8.94. The predicted octanol–water partition coefficient (Wildman–Crippen LogP) is 2.63. The molecule has 23 heavy (non-hydrogen) atoms. The van der Waals surface area contributed by atoms with Gasteiger partial charge in [-0.3, -0.25) is 9.79 Å². The van der Waals surface area contributed by atoms with Crippen molar-refractivity contribution in [2.24, 2.45) is 15.8 Å². The van der Waals surface area contributed by atoms with Crippen LogP contribution in [0.5, 0.6) is 0 Å². The first-order valence-electron chi connectivity index (χ1n) is 8.94. The van der Waals surface area contributed by atoms with Crippen molar-refractivity contribution in [3.63, 3.8) is 0 Å². The molecule has 0 heterocycles. The lowest BCUT2D eigenvalue weighted by molar-refractivity contribution is -0.138. The van der Waals surface area contributed by atoms with E-state index in [0.29, 0.717) is 12.0 Å². The lowest BCUT2D eigenvalue weighted by Crippen LogP contribution is -2.43. The van der Waals surface area contributed by atoms with E-state index in [2.05, 4.69) is 38.3 Å². The topological polar surface area (TPSA) is 56.7 Å². The molecule has 1 aliphatic rings. The van der Waals surface area contributed by atoms with Gasteiger partial charge in [0.15, 0.2) is 5.96 Å². The van der Waals surface area contributed by atoms with E-state index in [-0.39, 0.29) is 11.3 Å². The second-order valence-corrected chi connectivity index (χ2v) is 8.12. The fourth-order valence-corrected chi connectivity index (χ4v) is 3.09. The van der Waals surface area contributed by atoms with Gasteiger partial charge in [0, 0.05) is 27.2 Å². The fraction of sp³-hybridized carbons (Fsp3) is 0.889. The van der Waals surface area contributed by atoms with Crippen LogP contribution in [0.3, 0.4) is 0 Å². The fourth-order valence-electron chi connectivity index (χ4n) is 3.09. The third kappa shape index (κ3) is 6.40. The minimum absolute atomic E-state index is 0.226. The van der Waals surface area contributed by atoms with Crippen LogP contribution in [0.4, 0.5) is 0 Å². The van der Waals surface area contributed by atoms with Gasteiger partial charge < -0.3 is 15.5 Å². The monoisotopic (exact) mass is 324 g/mol. The molecule has 0 aromatic heterocycles. The second-order valence-electron chi connectivity index (χ2n) is 8.12. The van der Waals surface area contributed by atoms with Gasteiger partial charge in [-0.15, -0.1) is 0 Å². The minimum atomic E-state index is -0.296. The van der Waals surface area contributed by atoms with Crippen molar-refractivity contribution in [1.29, 1.82) is 0 Å². The molecule has 0 spiro atoms. The average Bonchev–Trinajstić information content (AvgIpc) is 2.92. The number of carbonyl (C=O) groups is 1. The Morgan fingerprint density at radius 2 is 1.78 bits per heavy atom. The van der Waals surface area contributed by atoms with Crippen LogP contribution >= 0.6 is 0 Å². The number of aliphatic imine (C=N–C) groups is 1. The normalized spacial score (nSPS) is 17.9. The number of guanidine groups is 1. The molecule has 0 bridgehead atoms. The number of hydrogen-bond donors (Lipinski definition) is 2. The smallest absolute Gasteiger partial charge is 0.230 e. The zero-order valence-electron chi connectivity index (χ0n) is 16.0. The third-order valence-corrected chi connectivity index (χ3v) is 4.47. The zero-order valence-corrected chi connectivity index (χ0v) is 16.0. The highest BCUT2D eigenvalue weighted by atomic mass is 16.2. The van der Waals surface area contributed by atoms with Crippen LogP contribution in [-0.2, 0) is 4.79 Å². The van der Waals surface area contributed by atoms with E-state index >= 15 is 0 Å². The summed E-state index contributed by atoms with van der Waals surface area (Å²) in [4.78, 5) is 19.1. The van der Waals surface area contributed by atoms with Crippen LogP contribution in [0.25, 0.3) is 0 Å². The Hall–Kier alpha value is -1.26. The quantitative estimate of drug-likeness (QED) is 0.583. The van der Waals surface area contributed by atoms with Crippen molar-refractivity contribution < 1.29 is 4.79 Å². The SMILES string of the molecule is CCNC(=NCC1(C(=O)N(C)C)CCCC1)NCCC(C)(C)C. The molecular weight excluding hydrogens is 288 g/mol. The van der Waals surface area contributed by atoms with Crippen molar-refractivity contribution in [3.8, 4) is 0 Å². The molecule has 0 unspecified atom stereocenters. The van der Waals surface area contributed by atoms with Gasteiger partial charge in [0.2, 0.25) is 5.91 Å². The summed E-state index contributed by atoms with van der Waals surface area (Å²) in [6.07, 6.45) is 5.25. The van der Waals surface area contributed by atoms with Gasteiger partial charge in [-0.25, -0.2) is 0 Å². The van der Waals surface area contributed by atoms with Crippen LogP contribution in [-0.4, -0.2) is 50.5 Å². The Kier molecular flexibility index (Phi) is 7.36. The molecule has 0 saturated heterocycles. The minimum Gasteiger partial charge on any atom is -0.357 e. The maximum Gasteiger partial charge on any atom is 0.230 e. The average molecular weight is 325 g/mol. The molecule has 5 nitrogen and oxygen atoms in total. The molecular formula is C18H36N4O. The highest BCUT2D eigenvalue weighted by Gasteiger charge is 2.42. The van der Waals surface area contributed by atoms with Gasteiger partial charge in [-0.1, -0.05) is 33.6 Å². The van der Waals surface area contributed by atoms with E-state index in [4.69, 9.17) is 4.99 Å². The summed E-state index contributed by atoms with van der Waals surface area (Å²) >= 11 is 0. The van der Waals surface area contributed by atoms with Crippen molar-refractivity contribution in [1.82, 2.24) is 15.5 Å². The van der Waals surface area contributed by atoms with E-state index in [1.807, 2.05) is 14.1 Å². The molecule has 2 N–H and O–H groups in total. The Morgan fingerprint density at radius 3 is 2.26 bits per heavy atom. The van der Waals surface area contributed by atoms with E-state index in [9.17, 15) is 4.79 Å². The number of carbonyl (C=O) groups excluding carboxylic acids is 1. The molecule has 0 aromatic carbocycles. The third-order valence-electron chi connectivity index (χ3n) is 4.47. The second kappa shape index (κ2) is 8.55.